The molecule has 0 fully saturated rings. The van der Waals surface area contributed by atoms with Gasteiger partial charge in [-0.2, -0.15) is 0 Å². The number of aromatic amines is 1. The van der Waals surface area contributed by atoms with Crippen molar-refractivity contribution in [3.8, 4) is 0 Å². The number of thiazole rings is 1. The van der Waals surface area contributed by atoms with Crippen LogP contribution in [0.2, 0.25) is 0 Å². The highest BCUT2D eigenvalue weighted by atomic mass is 32.1. The molecule has 0 aliphatic heterocycles. The van der Waals surface area contributed by atoms with Gasteiger partial charge in [-0.1, -0.05) is 11.3 Å². The highest BCUT2D eigenvalue weighted by molar-refractivity contribution is 7.07. The summed E-state index contributed by atoms with van der Waals surface area (Å²) in [7, 11) is 0. The molecule has 2 N–H and O–H groups in total. The number of hydrogen-bond donors (Lipinski definition) is 2. The van der Waals surface area contributed by atoms with Crippen molar-refractivity contribution in [1.82, 2.24) is 24.5 Å². The largest absolute Gasteiger partial charge is 0.452 e. The number of imidazole rings is 1. The van der Waals surface area contributed by atoms with Gasteiger partial charge < -0.3 is 19.6 Å². The molecule has 3 heterocycles. The molecule has 3 aromatic heterocycles. The maximum absolute atomic E-state index is 12.2. The molecule has 0 saturated heterocycles. The van der Waals surface area contributed by atoms with Gasteiger partial charge in [0.2, 0.25) is 0 Å². The molecule has 0 spiro atoms. The van der Waals surface area contributed by atoms with Crippen molar-refractivity contribution in [3.05, 3.63) is 33.4 Å². The number of carbonyl (C=O) groups is 2. The molecule has 0 unspecified atom stereocenters. The minimum absolute atomic E-state index is 0.00655. The lowest BCUT2D eigenvalue weighted by molar-refractivity contribution is -0.153. The van der Waals surface area contributed by atoms with E-state index < -0.39 is 18.0 Å². The Balaban J connectivity index is 1.56. The number of anilines is 1. The van der Waals surface area contributed by atoms with Crippen LogP contribution in [0.3, 0.4) is 0 Å². The second-order valence-corrected chi connectivity index (χ2v) is 6.31. The lowest BCUT2D eigenvalue weighted by Crippen LogP contribution is -2.31. The molecule has 0 aliphatic rings. The van der Waals surface area contributed by atoms with Crippen molar-refractivity contribution in [2.24, 2.45) is 0 Å². The number of nitrogens with one attached hydrogen (secondary N) is 2. The molecule has 0 aliphatic carbocycles. The number of hydrogen-bond acceptors (Lipinski definition) is 8. The number of esters is 1. The Morgan fingerprint density at radius 1 is 1.38 bits per heavy atom. The maximum Gasteiger partial charge on any atom is 0.308 e. The van der Waals surface area contributed by atoms with Gasteiger partial charge in [-0.05, 0) is 13.8 Å². The van der Waals surface area contributed by atoms with Crippen molar-refractivity contribution >= 4 is 40.2 Å². The van der Waals surface area contributed by atoms with Crippen LogP contribution in [0.1, 0.15) is 19.0 Å². The van der Waals surface area contributed by atoms with E-state index >= 15 is 0 Å². The van der Waals surface area contributed by atoms with Gasteiger partial charge in [0.05, 0.1) is 12.7 Å². The van der Waals surface area contributed by atoms with Gasteiger partial charge in [0, 0.05) is 17.6 Å². The minimum Gasteiger partial charge on any atom is -0.452 e. The fourth-order valence-corrected chi connectivity index (χ4v) is 3.03. The molecule has 0 radical (unpaired) electrons. The summed E-state index contributed by atoms with van der Waals surface area (Å²) < 4.78 is 6.62. The number of aromatic nitrogens is 5. The van der Waals surface area contributed by atoms with Gasteiger partial charge in [0.1, 0.15) is 11.8 Å². The van der Waals surface area contributed by atoms with E-state index in [1.807, 2.05) is 0 Å². The molecule has 3 rings (SSSR count). The number of H-pyrrole nitrogens is 1. The quantitative estimate of drug-likeness (QED) is 0.609. The van der Waals surface area contributed by atoms with Crippen LogP contribution in [-0.2, 0) is 20.9 Å². The van der Waals surface area contributed by atoms with Crippen LogP contribution < -0.4 is 10.2 Å². The average molecular weight is 376 g/mol. The summed E-state index contributed by atoms with van der Waals surface area (Å²) in [5.74, 6) is -0.850. The van der Waals surface area contributed by atoms with Crippen molar-refractivity contribution in [2.45, 2.75) is 32.9 Å². The summed E-state index contributed by atoms with van der Waals surface area (Å²) in [5.41, 5.74) is 1.68. The third-order valence-corrected chi connectivity index (χ3v) is 4.54. The molecule has 0 saturated carbocycles. The normalized spacial score (nSPS) is 12.1. The Hall–Kier alpha value is -3.08. The monoisotopic (exact) mass is 376 g/mol. The van der Waals surface area contributed by atoms with E-state index in [4.69, 9.17) is 4.74 Å². The number of fused-ring (bicyclic) bond motifs is 1. The molecule has 0 aromatic carbocycles. The Labute approximate surface area is 151 Å². The van der Waals surface area contributed by atoms with Crippen molar-refractivity contribution in [3.63, 3.8) is 0 Å². The third kappa shape index (κ3) is 3.77. The highest BCUT2D eigenvalue weighted by Crippen LogP contribution is 2.15. The summed E-state index contributed by atoms with van der Waals surface area (Å²) >= 11 is 1.08. The van der Waals surface area contributed by atoms with Crippen molar-refractivity contribution < 1.29 is 14.3 Å². The zero-order chi connectivity index (χ0) is 18.7. The number of nitrogens with zero attached hydrogens (tertiary/aromatic N) is 4. The zero-order valence-electron chi connectivity index (χ0n) is 14.1. The van der Waals surface area contributed by atoms with Crippen LogP contribution in [-0.4, -0.2) is 42.5 Å². The van der Waals surface area contributed by atoms with Crippen molar-refractivity contribution in [2.75, 3.05) is 5.32 Å². The number of ether oxygens (including phenoxy) is 1. The molecule has 26 heavy (non-hydrogen) atoms. The fourth-order valence-electron chi connectivity index (χ4n) is 2.27. The third-order valence-electron chi connectivity index (χ3n) is 3.66. The van der Waals surface area contributed by atoms with Crippen LogP contribution in [0.15, 0.2) is 22.8 Å². The molecule has 11 heteroatoms. The van der Waals surface area contributed by atoms with E-state index in [-0.39, 0.29) is 23.7 Å². The average Bonchev–Trinajstić information content (AvgIpc) is 3.20. The van der Waals surface area contributed by atoms with Crippen LogP contribution in [0.25, 0.3) is 11.2 Å². The lowest BCUT2D eigenvalue weighted by atomic mass is 10.3. The Bertz CT molecular complexity index is 1010. The van der Waals surface area contributed by atoms with Gasteiger partial charge >= 0.3 is 10.8 Å². The van der Waals surface area contributed by atoms with Crippen LogP contribution >= 0.6 is 11.3 Å². The van der Waals surface area contributed by atoms with Gasteiger partial charge in [-0.25, -0.2) is 15.0 Å². The molecular weight excluding hydrogens is 360 g/mol. The SMILES string of the molecule is Cc1csc(=O)n1CCC(=O)O[C@@H](C)C(=O)Nc1ncnc2nc[nH]c12. The van der Waals surface area contributed by atoms with Gasteiger partial charge in [-0.15, -0.1) is 0 Å². The number of rotatable bonds is 6. The standard InChI is InChI=1S/C15H16N6O4S/c1-8-5-26-15(24)21(8)4-3-10(22)25-9(2)14(23)20-13-11-12(17-6-16-11)18-7-19-13/h5-7,9H,3-4H2,1-2H3,(H2,16,17,18,19,20,23)/t9-/m0/s1. The first-order valence-electron chi connectivity index (χ1n) is 7.75. The van der Waals surface area contributed by atoms with E-state index in [9.17, 15) is 14.4 Å². The summed E-state index contributed by atoms with van der Waals surface area (Å²) in [5, 5.41) is 4.30. The summed E-state index contributed by atoms with van der Waals surface area (Å²) in [6, 6.07) is 0. The molecule has 1 amide bonds. The topological polar surface area (TPSA) is 132 Å². The Morgan fingerprint density at radius 2 is 2.19 bits per heavy atom. The van der Waals surface area contributed by atoms with Crippen LogP contribution in [0.4, 0.5) is 5.82 Å². The summed E-state index contributed by atoms with van der Waals surface area (Å²) in [6.07, 6.45) is 1.69. The summed E-state index contributed by atoms with van der Waals surface area (Å²) in [6.45, 7) is 3.46. The zero-order valence-corrected chi connectivity index (χ0v) is 14.9. The molecule has 1 atom stereocenters. The number of amides is 1. The first-order chi connectivity index (χ1) is 12.5. The van der Waals surface area contributed by atoms with Gasteiger partial charge in [0.15, 0.2) is 17.6 Å². The Kier molecular flexibility index (Phi) is 5.07. The molecule has 0 bridgehead atoms. The van der Waals surface area contributed by atoms with E-state index in [0.29, 0.717) is 11.2 Å². The first-order valence-corrected chi connectivity index (χ1v) is 8.63. The molecular formula is C15H16N6O4S. The fraction of sp³-hybridized carbons (Fsp3) is 0.333. The lowest BCUT2D eigenvalue weighted by Gasteiger charge is -2.13. The highest BCUT2D eigenvalue weighted by Gasteiger charge is 2.20. The van der Waals surface area contributed by atoms with E-state index in [1.165, 1.54) is 24.1 Å². The van der Waals surface area contributed by atoms with E-state index in [1.54, 1.807) is 12.3 Å². The van der Waals surface area contributed by atoms with Crippen LogP contribution in [0, 0.1) is 6.92 Å². The molecule has 136 valence electrons. The van der Waals surface area contributed by atoms with E-state index in [2.05, 4.69) is 25.3 Å². The summed E-state index contributed by atoms with van der Waals surface area (Å²) in [4.78, 5) is 50.4. The maximum atomic E-state index is 12.2. The van der Waals surface area contributed by atoms with Crippen LogP contribution in [0.5, 0.6) is 0 Å². The van der Waals surface area contributed by atoms with E-state index in [0.717, 1.165) is 17.0 Å². The Morgan fingerprint density at radius 3 is 2.92 bits per heavy atom. The molecule has 10 nitrogen and oxygen atoms in total. The molecule has 3 aromatic rings. The minimum atomic E-state index is -1.02. The second kappa shape index (κ2) is 7.44. The smallest absolute Gasteiger partial charge is 0.308 e. The predicted molar refractivity (Wildman–Crippen MR) is 93.8 cm³/mol. The van der Waals surface area contributed by atoms with Gasteiger partial charge in [-0.3, -0.25) is 14.4 Å². The number of aryl methyl sites for hydroxylation is 1. The van der Waals surface area contributed by atoms with Crippen molar-refractivity contribution in [1.29, 1.82) is 0 Å². The van der Waals surface area contributed by atoms with Gasteiger partial charge in [0.25, 0.3) is 5.91 Å². The second-order valence-electron chi connectivity index (χ2n) is 5.49. The predicted octanol–water partition coefficient (Wildman–Crippen LogP) is 0.845. The first kappa shape index (κ1) is 17.7. The number of carbonyl (C=O) groups excluding carboxylic acids is 2.